The number of nitrogens with zero attached hydrogens (tertiary/aromatic N) is 2. The number of anilines is 1. The highest BCUT2D eigenvalue weighted by Gasteiger charge is 2.16. The van der Waals surface area contributed by atoms with Crippen LogP contribution in [0.4, 0.5) is 5.69 Å². The smallest absolute Gasteiger partial charge is 0.257 e. The van der Waals surface area contributed by atoms with Gasteiger partial charge in [0, 0.05) is 42.4 Å². The number of carbonyl (C=O) groups is 1. The standard InChI is InChI=1S/C20H19N3O3/c24-20(23-16-4-5-18-14(12-16)2-1-9-21-18)15-3-6-19(22-13-15)26-17-7-10-25-11-8-17/h1-6,9,12-13,17H,7-8,10-11H2,(H,23,24). The Morgan fingerprint density at radius 3 is 2.81 bits per heavy atom. The summed E-state index contributed by atoms with van der Waals surface area (Å²) in [6, 6.07) is 12.9. The third kappa shape index (κ3) is 3.81. The van der Waals surface area contributed by atoms with Crippen LogP contribution in [-0.4, -0.2) is 35.2 Å². The van der Waals surface area contributed by atoms with Gasteiger partial charge in [-0.3, -0.25) is 9.78 Å². The lowest BCUT2D eigenvalue weighted by Crippen LogP contribution is -2.26. The first-order valence-electron chi connectivity index (χ1n) is 8.64. The van der Waals surface area contributed by atoms with Gasteiger partial charge < -0.3 is 14.8 Å². The van der Waals surface area contributed by atoms with Gasteiger partial charge in [-0.2, -0.15) is 0 Å². The maximum atomic E-state index is 12.4. The van der Waals surface area contributed by atoms with Crippen LogP contribution in [0.2, 0.25) is 0 Å². The lowest BCUT2D eigenvalue weighted by molar-refractivity contribution is 0.0237. The van der Waals surface area contributed by atoms with Gasteiger partial charge in [0.05, 0.1) is 24.3 Å². The molecule has 2 aromatic heterocycles. The number of fused-ring (bicyclic) bond motifs is 1. The number of amides is 1. The Bertz CT molecular complexity index is 906. The summed E-state index contributed by atoms with van der Waals surface area (Å²) in [5.74, 6) is 0.323. The van der Waals surface area contributed by atoms with Crippen molar-refractivity contribution in [1.29, 1.82) is 0 Å². The van der Waals surface area contributed by atoms with Gasteiger partial charge in [0.15, 0.2) is 0 Å². The molecule has 0 aliphatic carbocycles. The Morgan fingerprint density at radius 1 is 1.12 bits per heavy atom. The van der Waals surface area contributed by atoms with E-state index in [1.165, 1.54) is 6.20 Å². The second-order valence-corrected chi connectivity index (χ2v) is 6.18. The molecule has 0 radical (unpaired) electrons. The number of benzene rings is 1. The third-order valence-corrected chi connectivity index (χ3v) is 4.32. The van der Waals surface area contributed by atoms with Crippen LogP contribution in [0.25, 0.3) is 10.9 Å². The highest BCUT2D eigenvalue weighted by atomic mass is 16.5. The monoisotopic (exact) mass is 349 g/mol. The van der Waals surface area contributed by atoms with E-state index in [1.54, 1.807) is 18.3 Å². The molecule has 1 aromatic carbocycles. The Morgan fingerprint density at radius 2 is 2.00 bits per heavy atom. The van der Waals surface area contributed by atoms with Crippen LogP contribution in [0, 0.1) is 0 Å². The minimum Gasteiger partial charge on any atom is -0.474 e. The van der Waals surface area contributed by atoms with Crippen molar-refractivity contribution < 1.29 is 14.3 Å². The second-order valence-electron chi connectivity index (χ2n) is 6.18. The zero-order chi connectivity index (χ0) is 17.8. The first-order chi connectivity index (χ1) is 12.8. The van der Waals surface area contributed by atoms with Gasteiger partial charge >= 0.3 is 0 Å². The molecule has 6 nitrogen and oxygen atoms in total. The second kappa shape index (κ2) is 7.49. The van der Waals surface area contributed by atoms with E-state index in [9.17, 15) is 4.79 Å². The van der Waals surface area contributed by atoms with Gasteiger partial charge in [-0.15, -0.1) is 0 Å². The number of rotatable bonds is 4. The number of hydrogen-bond donors (Lipinski definition) is 1. The zero-order valence-corrected chi connectivity index (χ0v) is 14.2. The van der Waals surface area contributed by atoms with Crippen molar-refractivity contribution in [2.24, 2.45) is 0 Å². The topological polar surface area (TPSA) is 73.3 Å². The largest absolute Gasteiger partial charge is 0.474 e. The number of carbonyl (C=O) groups excluding carboxylic acids is 1. The van der Waals surface area contributed by atoms with Crippen LogP contribution < -0.4 is 10.1 Å². The van der Waals surface area contributed by atoms with Crippen molar-refractivity contribution in [1.82, 2.24) is 9.97 Å². The quantitative estimate of drug-likeness (QED) is 0.781. The fourth-order valence-corrected chi connectivity index (χ4v) is 2.91. The molecule has 0 unspecified atom stereocenters. The molecular weight excluding hydrogens is 330 g/mol. The average Bonchev–Trinajstić information content (AvgIpc) is 2.69. The van der Waals surface area contributed by atoms with E-state index in [0.29, 0.717) is 24.7 Å². The first kappa shape index (κ1) is 16.5. The molecule has 0 spiro atoms. The van der Waals surface area contributed by atoms with E-state index in [1.807, 2.05) is 30.3 Å². The summed E-state index contributed by atoms with van der Waals surface area (Å²) in [5.41, 5.74) is 2.09. The molecular formula is C20H19N3O3. The molecule has 1 saturated heterocycles. The molecule has 26 heavy (non-hydrogen) atoms. The highest BCUT2D eigenvalue weighted by Crippen LogP contribution is 2.19. The Balaban J connectivity index is 1.42. The fourth-order valence-electron chi connectivity index (χ4n) is 2.91. The van der Waals surface area contributed by atoms with Crippen molar-refractivity contribution in [2.45, 2.75) is 18.9 Å². The third-order valence-electron chi connectivity index (χ3n) is 4.32. The molecule has 0 saturated carbocycles. The van der Waals surface area contributed by atoms with E-state index in [0.717, 1.165) is 29.4 Å². The summed E-state index contributed by atoms with van der Waals surface area (Å²) >= 11 is 0. The lowest BCUT2D eigenvalue weighted by Gasteiger charge is -2.22. The predicted octanol–water partition coefficient (Wildman–Crippen LogP) is 3.44. The molecule has 6 heteroatoms. The predicted molar refractivity (Wildman–Crippen MR) is 98.4 cm³/mol. The van der Waals surface area contributed by atoms with Gasteiger partial charge in [0.1, 0.15) is 6.10 Å². The minimum absolute atomic E-state index is 0.127. The summed E-state index contributed by atoms with van der Waals surface area (Å²) in [6.45, 7) is 1.43. The number of pyridine rings is 2. The number of nitrogens with one attached hydrogen (secondary N) is 1. The van der Waals surface area contributed by atoms with Gasteiger partial charge in [0.25, 0.3) is 5.91 Å². The van der Waals surface area contributed by atoms with Crippen LogP contribution in [0.15, 0.2) is 54.9 Å². The maximum Gasteiger partial charge on any atom is 0.257 e. The van der Waals surface area contributed by atoms with Crippen molar-refractivity contribution in [3.05, 3.63) is 60.4 Å². The molecule has 0 atom stereocenters. The van der Waals surface area contributed by atoms with Gasteiger partial charge in [-0.25, -0.2) is 4.98 Å². The van der Waals surface area contributed by atoms with Crippen molar-refractivity contribution in [3.63, 3.8) is 0 Å². The summed E-state index contributed by atoms with van der Waals surface area (Å²) in [6.07, 6.45) is 5.13. The summed E-state index contributed by atoms with van der Waals surface area (Å²) in [5, 5.41) is 3.86. The Labute approximate surface area is 151 Å². The fraction of sp³-hybridized carbons (Fsp3) is 0.250. The molecule has 1 aliphatic heterocycles. The minimum atomic E-state index is -0.210. The van der Waals surface area contributed by atoms with Crippen molar-refractivity contribution in [3.8, 4) is 5.88 Å². The van der Waals surface area contributed by atoms with Crippen molar-refractivity contribution in [2.75, 3.05) is 18.5 Å². The van der Waals surface area contributed by atoms with Gasteiger partial charge in [0.2, 0.25) is 5.88 Å². The van der Waals surface area contributed by atoms with E-state index < -0.39 is 0 Å². The van der Waals surface area contributed by atoms with E-state index in [2.05, 4.69) is 15.3 Å². The Kier molecular flexibility index (Phi) is 4.75. The normalized spacial score (nSPS) is 14.9. The van der Waals surface area contributed by atoms with E-state index in [4.69, 9.17) is 9.47 Å². The molecule has 1 aliphatic rings. The van der Waals surface area contributed by atoms with Gasteiger partial charge in [-0.1, -0.05) is 6.07 Å². The maximum absolute atomic E-state index is 12.4. The molecule has 3 heterocycles. The number of ether oxygens (including phenoxy) is 2. The molecule has 3 aromatic rings. The van der Waals surface area contributed by atoms with Crippen LogP contribution in [0.1, 0.15) is 23.2 Å². The molecule has 1 amide bonds. The van der Waals surface area contributed by atoms with Crippen LogP contribution in [0.3, 0.4) is 0 Å². The zero-order valence-electron chi connectivity index (χ0n) is 14.2. The first-order valence-corrected chi connectivity index (χ1v) is 8.64. The highest BCUT2D eigenvalue weighted by molar-refractivity contribution is 6.04. The summed E-state index contributed by atoms with van der Waals surface area (Å²) in [4.78, 5) is 21.0. The molecule has 4 rings (SSSR count). The summed E-state index contributed by atoms with van der Waals surface area (Å²) < 4.78 is 11.1. The van der Waals surface area contributed by atoms with Crippen LogP contribution >= 0.6 is 0 Å². The summed E-state index contributed by atoms with van der Waals surface area (Å²) in [7, 11) is 0. The average molecular weight is 349 g/mol. The van der Waals surface area contributed by atoms with E-state index >= 15 is 0 Å². The molecule has 1 fully saturated rings. The molecule has 0 bridgehead atoms. The number of aromatic nitrogens is 2. The molecule has 132 valence electrons. The van der Waals surface area contributed by atoms with Crippen molar-refractivity contribution >= 4 is 22.5 Å². The van der Waals surface area contributed by atoms with Crippen LogP contribution in [-0.2, 0) is 4.74 Å². The lowest BCUT2D eigenvalue weighted by atomic mass is 10.1. The Hall–Kier alpha value is -2.99. The SMILES string of the molecule is O=C(Nc1ccc2ncccc2c1)c1ccc(OC2CCOCC2)nc1. The van der Waals surface area contributed by atoms with E-state index in [-0.39, 0.29) is 12.0 Å². The number of hydrogen-bond acceptors (Lipinski definition) is 5. The van der Waals surface area contributed by atoms with Gasteiger partial charge in [-0.05, 0) is 30.3 Å². The molecule has 1 N–H and O–H groups in total. The van der Waals surface area contributed by atoms with Crippen LogP contribution in [0.5, 0.6) is 5.88 Å².